The van der Waals surface area contributed by atoms with Crippen LogP contribution in [0, 0.1) is 6.92 Å². The lowest BCUT2D eigenvalue weighted by Crippen LogP contribution is -2.20. The van der Waals surface area contributed by atoms with Gasteiger partial charge in [0.2, 0.25) is 11.6 Å². The van der Waals surface area contributed by atoms with Gasteiger partial charge in [-0.25, -0.2) is 0 Å². The predicted octanol–water partition coefficient (Wildman–Crippen LogP) is 0.993. The summed E-state index contributed by atoms with van der Waals surface area (Å²) in [5, 5.41) is 8.52. The number of hydrogen-bond acceptors (Lipinski definition) is 5. The highest BCUT2D eigenvalue weighted by molar-refractivity contribution is 6.46. The second-order valence-electron chi connectivity index (χ2n) is 4.13. The van der Waals surface area contributed by atoms with Crippen LogP contribution in [-0.4, -0.2) is 35.9 Å². The predicted molar refractivity (Wildman–Crippen MR) is 63.8 cm³/mol. The van der Waals surface area contributed by atoms with Gasteiger partial charge in [0, 0.05) is 5.56 Å². The fourth-order valence-electron chi connectivity index (χ4n) is 1.80. The number of ether oxygens (including phenoxy) is 2. The van der Waals surface area contributed by atoms with Crippen molar-refractivity contribution in [1.82, 2.24) is 0 Å². The Bertz CT molecular complexity index is 560. The maximum absolute atomic E-state index is 11.9. The van der Waals surface area contributed by atoms with E-state index in [9.17, 15) is 14.4 Å². The van der Waals surface area contributed by atoms with Gasteiger partial charge in [0.25, 0.3) is 0 Å². The molecule has 0 fully saturated rings. The molecule has 1 aromatic carbocycles. The molecule has 1 heterocycles. The van der Waals surface area contributed by atoms with E-state index in [2.05, 4.69) is 0 Å². The number of carbonyl (C=O) groups is 3. The molecule has 0 unspecified atom stereocenters. The summed E-state index contributed by atoms with van der Waals surface area (Å²) in [6.45, 7) is 2.45. The van der Waals surface area contributed by atoms with Crippen LogP contribution in [0.2, 0.25) is 0 Å². The normalized spacial score (nSPS) is 12.9. The Morgan fingerprint density at radius 1 is 1.16 bits per heavy atom. The van der Waals surface area contributed by atoms with Crippen LogP contribution in [0.5, 0.6) is 11.5 Å². The van der Waals surface area contributed by atoms with Crippen molar-refractivity contribution in [3.05, 3.63) is 23.3 Å². The van der Waals surface area contributed by atoms with Crippen molar-refractivity contribution >= 4 is 17.5 Å². The van der Waals surface area contributed by atoms with Crippen molar-refractivity contribution in [2.24, 2.45) is 0 Å². The van der Waals surface area contributed by atoms with Crippen molar-refractivity contribution in [3.63, 3.8) is 0 Å². The Morgan fingerprint density at radius 3 is 2.32 bits per heavy atom. The summed E-state index contributed by atoms with van der Waals surface area (Å²) < 4.78 is 10.7. The van der Waals surface area contributed by atoms with Crippen LogP contribution in [0.3, 0.4) is 0 Å². The van der Waals surface area contributed by atoms with Crippen molar-refractivity contribution < 1.29 is 29.0 Å². The summed E-state index contributed by atoms with van der Waals surface area (Å²) >= 11 is 0. The molecule has 0 aromatic heterocycles. The van der Waals surface area contributed by atoms with Crippen LogP contribution in [-0.2, 0) is 9.59 Å². The van der Waals surface area contributed by atoms with E-state index >= 15 is 0 Å². The number of fused-ring (bicyclic) bond motifs is 1. The molecule has 0 saturated carbocycles. The molecule has 1 aliphatic rings. The van der Waals surface area contributed by atoms with Gasteiger partial charge in [0.1, 0.15) is 19.6 Å². The molecule has 6 nitrogen and oxygen atoms in total. The van der Waals surface area contributed by atoms with Gasteiger partial charge >= 0.3 is 5.97 Å². The topological polar surface area (TPSA) is 89.9 Å². The Kier molecular flexibility index (Phi) is 3.50. The van der Waals surface area contributed by atoms with Crippen molar-refractivity contribution in [3.8, 4) is 11.5 Å². The van der Waals surface area contributed by atoms with E-state index in [4.69, 9.17) is 14.6 Å². The molecular formula is C13H12O6. The number of benzene rings is 1. The van der Waals surface area contributed by atoms with Gasteiger partial charge in [-0.05, 0) is 24.6 Å². The summed E-state index contributed by atoms with van der Waals surface area (Å²) in [4.78, 5) is 33.8. The molecule has 0 radical (unpaired) electrons. The summed E-state index contributed by atoms with van der Waals surface area (Å²) in [6.07, 6.45) is -0.813. The first kappa shape index (κ1) is 13.1. The molecule has 0 spiro atoms. The quantitative estimate of drug-likeness (QED) is 0.495. The van der Waals surface area contributed by atoms with Crippen LogP contribution in [0.25, 0.3) is 0 Å². The Morgan fingerprint density at radius 2 is 1.74 bits per heavy atom. The molecule has 100 valence electrons. The van der Waals surface area contributed by atoms with Crippen LogP contribution in [0.15, 0.2) is 12.1 Å². The first-order chi connectivity index (χ1) is 8.99. The highest BCUT2D eigenvalue weighted by atomic mass is 16.6. The first-order valence-electron chi connectivity index (χ1n) is 5.68. The molecule has 1 aromatic rings. The molecule has 0 atom stereocenters. The molecule has 0 saturated heterocycles. The second-order valence-corrected chi connectivity index (χ2v) is 4.13. The van der Waals surface area contributed by atoms with E-state index in [1.807, 2.05) is 0 Å². The smallest absolute Gasteiger partial charge is 0.311 e. The molecular weight excluding hydrogens is 252 g/mol. The van der Waals surface area contributed by atoms with Gasteiger partial charge in [-0.3, -0.25) is 14.4 Å². The highest BCUT2D eigenvalue weighted by Gasteiger charge is 2.23. The molecule has 1 N–H and O–H groups in total. The van der Waals surface area contributed by atoms with E-state index < -0.39 is 24.0 Å². The summed E-state index contributed by atoms with van der Waals surface area (Å²) in [5.74, 6) is -2.19. The van der Waals surface area contributed by atoms with Crippen molar-refractivity contribution in [2.75, 3.05) is 13.2 Å². The van der Waals surface area contributed by atoms with Crippen LogP contribution in [0.4, 0.5) is 0 Å². The number of aliphatic carboxylic acids is 1. The number of carboxylic acid groups (broad SMARTS) is 1. The Hall–Kier alpha value is -2.37. The lowest BCUT2D eigenvalue weighted by Gasteiger charge is -2.19. The van der Waals surface area contributed by atoms with Gasteiger partial charge in [-0.2, -0.15) is 0 Å². The third-order valence-corrected chi connectivity index (χ3v) is 2.70. The van der Waals surface area contributed by atoms with Gasteiger partial charge in [-0.1, -0.05) is 0 Å². The van der Waals surface area contributed by atoms with E-state index in [1.54, 1.807) is 13.0 Å². The third kappa shape index (κ3) is 2.73. The van der Waals surface area contributed by atoms with Crippen LogP contribution in [0.1, 0.15) is 22.3 Å². The average Bonchev–Trinajstić information content (AvgIpc) is 2.36. The second kappa shape index (κ2) is 5.09. The van der Waals surface area contributed by atoms with E-state index in [0.717, 1.165) is 0 Å². The minimum Gasteiger partial charge on any atom is -0.486 e. The molecule has 2 rings (SSSR count). The summed E-state index contributed by atoms with van der Waals surface area (Å²) in [7, 11) is 0. The zero-order chi connectivity index (χ0) is 14.0. The molecule has 1 aliphatic heterocycles. The van der Waals surface area contributed by atoms with E-state index in [0.29, 0.717) is 30.3 Å². The maximum atomic E-state index is 11.9. The monoisotopic (exact) mass is 264 g/mol. The van der Waals surface area contributed by atoms with E-state index in [-0.39, 0.29) is 5.56 Å². The summed E-state index contributed by atoms with van der Waals surface area (Å²) in [6, 6.07) is 3.03. The minimum atomic E-state index is -1.33. The molecule has 6 heteroatoms. The highest BCUT2D eigenvalue weighted by Crippen LogP contribution is 2.33. The fourth-order valence-corrected chi connectivity index (χ4v) is 1.80. The first-order valence-corrected chi connectivity index (χ1v) is 5.68. The SMILES string of the molecule is Cc1cc2c(cc1C(=O)C(=O)CC(=O)O)OCCO2. The molecule has 0 aliphatic carbocycles. The van der Waals surface area contributed by atoms with Crippen LogP contribution < -0.4 is 9.47 Å². The fraction of sp³-hybridized carbons (Fsp3) is 0.308. The molecule has 19 heavy (non-hydrogen) atoms. The Balaban J connectivity index is 2.32. The Labute approximate surface area is 108 Å². The van der Waals surface area contributed by atoms with Gasteiger partial charge < -0.3 is 14.6 Å². The van der Waals surface area contributed by atoms with E-state index in [1.165, 1.54) is 6.07 Å². The third-order valence-electron chi connectivity index (χ3n) is 2.70. The van der Waals surface area contributed by atoms with Gasteiger partial charge in [0.05, 0.1) is 0 Å². The number of rotatable bonds is 4. The lowest BCUT2D eigenvalue weighted by molar-refractivity contribution is -0.139. The number of ketones is 2. The minimum absolute atomic E-state index is 0.149. The zero-order valence-corrected chi connectivity index (χ0v) is 10.3. The summed E-state index contributed by atoms with van der Waals surface area (Å²) in [5.41, 5.74) is 0.698. The number of carboxylic acids is 1. The average molecular weight is 264 g/mol. The van der Waals surface area contributed by atoms with Gasteiger partial charge in [-0.15, -0.1) is 0 Å². The number of hydrogen-bond donors (Lipinski definition) is 1. The standard InChI is InChI=1S/C13H12O6/c1-7-4-10-11(19-3-2-18-10)5-8(7)13(17)9(14)6-12(15)16/h4-5H,2-3,6H2,1H3,(H,15,16). The number of carbonyl (C=O) groups excluding carboxylic acids is 2. The lowest BCUT2D eigenvalue weighted by atomic mass is 9.99. The van der Waals surface area contributed by atoms with Crippen molar-refractivity contribution in [2.45, 2.75) is 13.3 Å². The maximum Gasteiger partial charge on any atom is 0.311 e. The largest absolute Gasteiger partial charge is 0.486 e. The number of Topliss-reactive ketones (excluding diaryl/α,β-unsaturated/α-hetero) is 2. The zero-order valence-electron chi connectivity index (χ0n) is 10.3. The molecule has 0 amide bonds. The van der Waals surface area contributed by atoms with Crippen LogP contribution >= 0.6 is 0 Å². The van der Waals surface area contributed by atoms with Gasteiger partial charge in [0.15, 0.2) is 11.5 Å². The van der Waals surface area contributed by atoms with Crippen molar-refractivity contribution in [1.29, 1.82) is 0 Å². The number of aryl methyl sites for hydroxylation is 1. The molecule has 0 bridgehead atoms.